The zero-order valence-electron chi connectivity index (χ0n) is 21.9. The second kappa shape index (κ2) is 10.4. The molecule has 0 radical (unpaired) electrons. The molecular weight excluding hydrogens is 560 g/mol. The van der Waals surface area contributed by atoms with Crippen molar-refractivity contribution < 1.29 is 31.9 Å². The average Bonchev–Trinajstić information content (AvgIpc) is 3.28. The lowest BCUT2D eigenvalue weighted by Gasteiger charge is -2.34. The van der Waals surface area contributed by atoms with Crippen molar-refractivity contribution >= 4 is 44.1 Å². The van der Waals surface area contributed by atoms with Crippen LogP contribution in [0.3, 0.4) is 0 Å². The van der Waals surface area contributed by atoms with Crippen molar-refractivity contribution in [1.29, 1.82) is 0 Å². The second-order valence-corrected chi connectivity index (χ2v) is 12.0. The molecule has 1 atom stereocenters. The minimum Gasteiger partial charge on any atom is -0.465 e. The third-order valence-corrected chi connectivity index (χ3v) is 7.67. The molecule has 2 aromatic carbocycles. The standard InChI is InChI=1S/C27H25F2N5O6S/c1-33-12-18-16-7-14(13-41(2,39)40)3-5-20(16)34(21-6-4-15(28)8-19(21)29)22(10-30-23(35)11-32-27(37)38)17-9-31-25(24(17)18)26(33)36/h3-9,12,22,31-32H,10-11,13H2,1-2H3,(H,30,35)(H,37,38). The molecule has 214 valence electrons. The minimum absolute atomic E-state index is 0.0414. The number of aryl methyl sites for hydroxylation is 1. The van der Waals surface area contributed by atoms with E-state index in [9.17, 15) is 27.2 Å². The lowest BCUT2D eigenvalue weighted by molar-refractivity contribution is -0.120. The molecule has 5 rings (SSSR count). The topological polar surface area (TPSA) is 154 Å². The molecule has 0 spiro atoms. The van der Waals surface area contributed by atoms with Crippen molar-refractivity contribution in [3.05, 3.63) is 81.9 Å². The number of aromatic amines is 1. The highest BCUT2D eigenvalue weighted by atomic mass is 32.2. The monoisotopic (exact) mass is 585 g/mol. The van der Waals surface area contributed by atoms with Crippen LogP contribution < -0.4 is 21.1 Å². The summed E-state index contributed by atoms with van der Waals surface area (Å²) in [5.41, 5.74) is 2.26. The van der Waals surface area contributed by atoms with Crippen LogP contribution in [-0.4, -0.2) is 54.4 Å². The molecule has 0 fully saturated rings. The first-order chi connectivity index (χ1) is 19.3. The summed E-state index contributed by atoms with van der Waals surface area (Å²) in [7, 11) is -1.86. The van der Waals surface area contributed by atoms with Crippen LogP contribution in [0.2, 0.25) is 0 Å². The smallest absolute Gasteiger partial charge is 0.405 e. The number of carboxylic acid groups (broad SMARTS) is 1. The van der Waals surface area contributed by atoms with E-state index in [-0.39, 0.29) is 29.1 Å². The molecule has 0 saturated heterocycles. The molecule has 3 heterocycles. The molecule has 41 heavy (non-hydrogen) atoms. The van der Waals surface area contributed by atoms with Gasteiger partial charge in [0.2, 0.25) is 5.91 Å². The Bertz CT molecular complexity index is 1890. The van der Waals surface area contributed by atoms with Crippen LogP contribution in [0.15, 0.2) is 53.6 Å². The number of amides is 2. The van der Waals surface area contributed by atoms with Crippen LogP contribution in [0.4, 0.5) is 25.0 Å². The van der Waals surface area contributed by atoms with Gasteiger partial charge in [0.1, 0.15) is 17.2 Å². The maximum absolute atomic E-state index is 15.4. The number of nitrogens with one attached hydrogen (secondary N) is 3. The molecule has 1 aliphatic rings. The van der Waals surface area contributed by atoms with Crippen molar-refractivity contribution in [2.24, 2.45) is 7.05 Å². The Morgan fingerprint density at radius 2 is 1.80 bits per heavy atom. The van der Waals surface area contributed by atoms with E-state index in [1.807, 2.05) is 5.32 Å². The lowest BCUT2D eigenvalue weighted by Crippen LogP contribution is -2.41. The molecule has 0 aliphatic carbocycles. The number of rotatable bonds is 7. The summed E-state index contributed by atoms with van der Waals surface area (Å²) in [6.45, 7) is -0.693. The van der Waals surface area contributed by atoms with E-state index in [2.05, 4.69) is 10.3 Å². The minimum atomic E-state index is -3.42. The largest absolute Gasteiger partial charge is 0.465 e. The van der Waals surface area contributed by atoms with Gasteiger partial charge in [0.15, 0.2) is 9.84 Å². The number of H-pyrrole nitrogens is 1. The summed E-state index contributed by atoms with van der Waals surface area (Å²) in [6, 6.07) is 7.04. The molecule has 2 amide bonds. The van der Waals surface area contributed by atoms with Crippen LogP contribution >= 0.6 is 0 Å². The number of anilines is 2. The molecule has 4 N–H and O–H groups in total. The fourth-order valence-corrected chi connectivity index (χ4v) is 5.96. The Kier molecular flexibility index (Phi) is 7.03. The number of halogens is 2. The van der Waals surface area contributed by atoms with Gasteiger partial charge in [-0.3, -0.25) is 9.59 Å². The van der Waals surface area contributed by atoms with Crippen LogP contribution in [0, 0.1) is 11.6 Å². The number of carbonyl (C=O) groups excluding carboxylic acids is 1. The number of hydrogen-bond acceptors (Lipinski definition) is 6. The third kappa shape index (κ3) is 5.37. The first-order valence-corrected chi connectivity index (χ1v) is 14.4. The number of fused-ring (bicyclic) bond motifs is 2. The molecule has 11 nitrogen and oxygen atoms in total. The first kappa shape index (κ1) is 27.8. The number of pyridine rings is 1. The Balaban J connectivity index is 1.78. The van der Waals surface area contributed by atoms with E-state index in [1.54, 1.807) is 42.5 Å². The Morgan fingerprint density at radius 3 is 2.49 bits per heavy atom. The van der Waals surface area contributed by atoms with E-state index < -0.39 is 46.1 Å². The van der Waals surface area contributed by atoms with Gasteiger partial charge in [0.25, 0.3) is 5.56 Å². The summed E-state index contributed by atoms with van der Waals surface area (Å²) >= 11 is 0. The van der Waals surface area contributed by atoms with Crippen LogP contribution in [-0.2, 0) is 27.4 Å². The SMILES string of the molecule is Cn1cc2c3c(c[nH]c3c1=O)C(CNC(=O)CNC(=O)O)N(c1ccc(F)cc1F)c1ccc(CS(C)(=O)=O)cc1-2. The van der Waals surface area contributed by atoms with E-state index >= 15 is 4.39 Å². The fourth-order valence-electron chi connectivity index (χ4n) is 5.17. The van der Waals surface area contributed by atoms with Gasteiger partial charge >= 0.3 is 6.09 Å². The highest BCUT2D eigenvalue weighted by molar-refractivity contribution is 7.89. The zero-order chi connectivity index (χ0) is 29.6. The molecule has 1 unspecified atom stereocenters. The van der Waals surface area contributed by atoms with Crippen molar-refractivity contribution in [2.45, 2.75) is 11.8 Å². The van der Waals surface area contributed by atoms with Gasteiger partial charge in [-0.25, -0.2) is 22.0 Å². The predicted octanol–water partition coefficient (Wildman–Crippen LogP) is 2.93. The summed E-state index contributed by atoms with van der Waals surface area (Å²) in [5, 5.41) is 14.0. The number of sulfone groups is 1. The molecule has 0 bridgehead atoms. The van der Waals surface area contributed by atoms with Crippen molar-refractivity contribution in [2.75, 3.05) is 24.2 Å². The molecule has 1 aliphatic heterocycles. The van der Waals surface area contributed by atoms with Crippen LogP contribution in [0.1, 0.15) is 17.2 Å². The Morgan fingerprint density at radius 1 is 1.07 bits per heavy atom. The lowest BCUT2D eigenvalue weighted by atomic mass is 9.98. The zero-order valence-corrected chi connectivity index (χ0v) is 22.7. The maximum Gasteiger partial charge on any atom is 0.405 e. The summed E-state index contributed by atoms with van der Waals surface area (Å²) in [5.74, 6) is -2.62. The molecule has 4 aromatic rings. The first-order valence-electron chi connectivity index (χ1n) is 12.3. The average molecular weight is 586 g/mol. The highest BCUT2D eigenvalue weighted by Gasteiger charge is 2.34. The molecule has 2 aromatic heterocycles. The van der Waals surface area contributed by atoms with Gasteiger partial charge in [-0.2, -0.15) is 0 Å². The normalized spacial score (nSPS) is 14.4. The fraction of sp³-hybridized carbons (Fsp3) is 0.222. The summed E-state index contributed by atoms with van der Waals surface area (Å²) in [6.07, 6.45) is 2.88. The number of nitrogens with zero attached hydrogens (tertiary/aromatic N) is 2. The van der Waals surface area contributed by atoms with Crippen LogP contribution in [0.5, 0.6) is 0 Å². The third-order valence-electron chi connectivity index (χ3n) is 6.81. The maximum atomic E-state index is 15.4. The molecule has 0 saturated carbocycles. The van der Waals surface area contributed by atoms with Crippen molar-refractivity contribution in [3.63, 3.8) is 0 Å². The van der Waals surface area contributed by atoms with E-state index in [0.717, 1.165) is 18.4 Å². The number of carbonyl (C=O) groups is 2. The number of hydrogen-bond donors (Lipinski definition) is 4. The van der Waals surface area contributed by atoms with Gasteiger partial charge < -0.3 is 30.2 Å². The predicted molar refractivity (Wildman–Crippen MR) is 148 cm³/mol. The van der Waals surface area contributed by atoms with E-state index in [0.29, 0.717) is 33.3 Å². The Hall–Kier alpha value is -4.72. The van der Waals surface area contributed by atoms with E-state index in [4.69, 9.17) is 5.11 Å². The molecule has 14 heteroatoms. The Labute approximate surface area is 232 Å². The van der Waals surface area contributed by atoms with Crippen molar-refractivity contribution in [1.82, 2.24) is 20.2 Å². The van der Waals surface area contributed by atoms with Crippen molar-refractivity contribution in [3.8, 4) is 11.1 Å². The van der Waals surface area contributed by atoms with Gasteiger partial charge in [-0.05, 0) is 29.8 Å². The highest BCUT2D eigenvalue weighted by Crippen LogP contribution is 2.48. The summed E-state index contributed by atoms with van der Waals surface area (Å²) < 4.78 is 55.0. The van der Waals surface area contributed by atoms with Gasteiger partial charge in [0, 0.05) is 66.1 Å². The van der Waals surface area contributed by atoms with Gasteiger partial charge in [0.05, 0.1) is 24.0 Å². The quantitative estimate of drug-likeness (QED) is 0.260. The van der Waals surface area contributed by atoms with E-state index in [1.165, 1.54) is 10.6 Å². The van der Waals surface area contributed by atoms with Crippen LogP contribution in [0.25, 0.3) is 22.0 Å². The number of benzene rings is 2. The van der Waals surface area contributed by atoms with Gasteiger partial charge in [-0.15, -0.1) is 0 Å². The summed E-state index contributed by atoms with van der Waals surface area (Å²) in [4.78, 5) is 40.9. The second-order valence-electron chi connectivity index (χ2n) is 9.82. The number of aromatic nitrogens is 2. The van der Waals surface area contributed by atoms with Gasteiger partial charge in [-0.1, -0.05) is 6.07 Å². The molecular formula is C27H25F2N5O6S.